The second-order valence-corrected chi connectivity index (χ2v) is 10.8. The number of nitrogens with one attached hydrogen (secondary N) is 1. The van der Waals surface area contributed by atoms with E-state index in [1.165, 1.54) is 17.5 Å². The van der Waals surface area contributed by atoms with Crippen molar-refractivity contribution in [1.82, 2.24) is 19.4 Å². The molecule has 2 heterocycles. The lowest BCUT2D eigenvalue weighted by Crippen LogP contribution is -2.59. The van der Waals surface area contributed by atoms with Gasteiger partial charge in [-0.3, -0.25) is 4.90 Å². The van der Waals surface area contributed by atoms with Crippen LogP contribution in [0.4, 0.5) is 4.79 Å². The molecule has 0 saturated carbocycles. The van der Waals surface area contributed by atoms with E-state index in [1.807, 2.05) is 17.0 Å². The Bertz CT molecular complexity index is 896. The fourth-order valence-corrected chi connectivity index (χ4v) is 6.85. The third-order valence-electron chi connectivity index (χ3n) is 7.36. The molecule has 1 aromatic rings. The van der Waals surface area contributed by atoms with Crippen molar-refractivity contribution in [2.45, 2.75) is 55.9 Å². The van der Waals surface area contributed by atoms with Gasteiger partial charge in [0, 0.05) is 51.9 Å². The van der Waals surface area contributed by atoms with Gasteiger partial charge in [-0.1, -0.05) is 13.0 Å². The summed E-state index contributed by atoms with van der Waals surface area (Å²) in [5.41, 5.74) is 2.46. The summed E-state index contributed by atoms with van der Waals surface area (Å²) >= 11 is 0. The van der Waals surface area contributed by atoms with Gasteiger partial charge in [0.15, 0.2) is 0 Å². The Morgan fingerprint density at radius 3 is 2.43 bits per heavy atom. The van der Waals surface area contributed by atoms with Crippen molar-refractivity contribution in [2.24, 2.45) is 0 Å². The van der Waals surface area contributed by atoms with Gasteiger partial charge in [-0.05, 0) is 61.8 Å². The van der Waals surface area contributed by atoms with Crippen molar-refractivity contribution < 1.29 is 13.2 Å². The molecule has 1 N–H and O–H groups in total. The van der Waals surface area contributed by atoms with Crippen LogP contribution >= 0.6 is 0 Å². The Morgan fingerprint density at radius 1 is 1.07 bits per heavy atom. The number of carbonyl (C=O) groups excluding carboxylic acids is 1. The summed E-state index contributed by atoms with van der Waals surface area (Å²) < 4.78 is 28.2. The number of benzene rings is 1. The van der Waals surface area contributed by atoms with Gasteiger partial charge < -0.3 is 10.2 Å². The fourth-order valence-electron chi connectivity index (χ4n) is 5.38. The van der Waals surface area contributed by atoms with Crippen molar-refractivity contribution in [2.75, 3.05) is 46.3 Å². The number of hydrogen-bond acceptors (Lipinski definition) is 4. The van der Waals surface area contributed by atoms with Crippen LogP contribution in [0.2, 0.25) is 0 Å². The van der Waals surface area contributed by atoms with Crippen LogP contribution in [0.1, 0.15) is 43.7 Å². The van der Waals surface area contributed by atoms with E-state index < -0.39 is 10.0 Å². The molecule has 1 atom stereocenters. The van der Waals surface area contributed by atoms with Crippen molar-refractivity contribution in [1.29, 1.82) is 0 Å². The highest BCUT2D eigenvalue weighted by Gasteiger charge is 2.44. The van der Waals surface area contributed by atoms with Gasteiger partial charge in [0.1, 0.15) is 0 Å². The molecule has 1 aliphatic carbocycles. The van der Waals surface area contributed by atoms with E-state index in [4.69, 9.17) is 0 Å². The maximum atomic E-state index is 13.3. The number of urea groups is 1. The lowest BCUT2D eigenvalue weighted by Gasteiger charge is -2.45. The highest BCUT2D eigenvalue weighted by molar-refractivity contribution is 7.89. The molecule has 1 unspecified atom stereocenters. The number of hydrogen-bond donors (Lipinski definition) is 1. The van der Waals surface area contributed by atoms with E-state index >= 15 is 0 Å². The summed E-state index contributed by atoms with van der Waals surface area (Å²) in [5, 5.41) is 2.72. The molecule has 0 radical (unpaired) electrons. The molecular formula is C22H34N4O3S. The van der Waals surface area contributed by atoms with Crippen molar-refractivity contribution in [3.63, 3.8) is 0 Å². The van der Waals surface area contributed by atoms with Crippen molar-refractivity contribution in [3.05, 3.63) is 29.3 Å². The Kier molecular flexibility index (Phi) is 6.10. The molecule has 8 heteroatoms. The van der Waals surface area contributed by atoms with Gasteiger partial charge in [-0.25, -0.2) is 13.2 Å². The van der Waals surface area contributed by atoms with E-state index in [9.17, 15) is 13.2 Å². The molecule has 30 heavy (non-hydrogen) atoms. The average Bonchev–Trinajstić information content (AvgIpc) is 3.24. The fraction of sp³-hybridized carbons (Fsp3) is 0.682. The van der Waals surface area contributed by atoms with E-state index in [0.29, 0.717) is 37.6 Å². The van der Waals surface area contributed by atoms with E-state index in [2.05, 4.69) is 17.1 Å². The molecule has 0 aromatic heterocycles. The first-order valence-corrected chi connectivity index (χ1v) is 12.7. The van der Waals surface area contributed by atoms with Crippen LogP contribution in [0, 0.1) is 0 Å². The predicted octanol–water partition coefficient (Wildman–Crippen LogP) is 2.07. The molecule has 2 aliphatic heterocycles. The van der Waals surface area contributed by atoms with Gasteiger partial charge in [0.25, 0.3) is 0 Å². The van der Waals surface area contributed by atoms with Gasteiger partial charge in [0.2, 0.25) is 10.0 Å². The van der Waals surface area contributed by atoms with Crippen LogP contribution < -0.4 is 5.32 Å². The monoisotopic (exact) mass is 434 g/mol. The summed E-state index contributed by atoms with van der Waals surface area (Å²) in [4.78, 5) is 16.8. The largest absolute Gasteiger partial charge is 0.341 e. The van der Waals surface area contributed by atoms with E-state index in [1.54, 1.807) is 17.4 Å². The smallest absolute Gasteiger partial charge is 0.317 e. The van der Waals surface area contributed by atoms with Crippen LogP contribution in [0.5, 0.6) is 0 Å². The normalized spacial score (nSPS) is 25.9. The number of rotatable bonds is 4. The van der Waals surface area contributed by atoms with Crippen LogP contribution in [0.25, 0.3) is 0 Å². The van der Waals surface area contributed by atoms with Crippen LogP contribution in [0.15, 0.2) is 23.1 Å². The minimum atomic E-state index is -3.47. The number of fused-ring (bicyclic) bond motifs is 1. The molecule has 4 rings (SSSR count). The topological polar surface area (TPSA) is 73.0 Å². The Hall–Kier alpha value is -1.64. The molecule has 166 valence electrons. The summed E-state index contributed by atoms with van der Waals surface area (Å²) in [6, 6.07) is 5.67. The molecule has 0 spiro atoms. The predicted molar refractivity (Wildman–Crippen MR) is 117 cm³/mol. The van der Waals surface area contributed by atoms with E-state index in [0.717, 1.165) is 38.6 Å². The highest BCUT2D eigenvalue weighted by Crippen LogP contribution is 2.33. The average molecular weight is 435 g/mol. The van der Waals surface area contributed by atoms with Gasteiger partial charge in [0.05, 0.1) is 4.90 Å². The van der Waals surface area contributed by atoms with Gasteiger partial charge >= 0.3 is 6.03 Å². The lowest BCUT2D eigenvalue weighted by atomic mass is 9.92. The SMILES string of the molecule is CCC1(N2CCN(S(=O)(=O)c3ccc4c(c3)CCCC4)CC2)CCN(C(=O)NC)C1. The second-order valence-electron chi connectivity index (χ2n) is 8.83. The molecule has 7 nitrogen and oxygen atoms in total. The Balaban J connectivity index is 1.44. The molecular weight excluding hydrogens is 400 g/mol. The van der Waals surface area contributed by atoms with Gasteiger partial charge in [-0.2, -0.15) is 4.31 Å². The number of amides is 2. The Morgan fingerprint density at radius 2 is 1.77 bits per heavy atom. The minimum Gasteiger partial charge on any atom is -0.341 e. The number of carbonyl (C=O) groups is 1. The van der Waals surface area contributed by atoms with Crippen LogP contribution in [-0.2, 0) is 22.9 Å². The molecule has 2 amide bonds. The standard InChI is InChI=1S/C22H34N4O3S/c1-3-22(10-11-24(17-22)21(27)23-2)25-12-14-26(15-13-25)30(28,29)20-9-8-18-6-4-5-7-19(18)16-20/h8-9,16H,3-7,10-15,17H2,1-2H3,(H,23,27). The van der Waals surface area contributed by atoms with Gasteiger partial charge in [-0.15, -0.1) is 0 Å². The first-order valence-electron chi connectivity index (χ1n) is 11.2. The third kappa shape index (κ3) is 3.85. The van der Waals surface area contributed by atoms with Crippen LogP contribution in [0.3, 0.4) is 0 Å². The van der Waals surface area contributed by atoms with E-state index in [-0.39, 0.29) is 11.6 Å². The number of piperazine rings is 1. The van der Waals surface area contributed by atoms with Crippen molar-refractivity contribution in [3.8, 4) is 0 Å². The minimum absolute atomic E-state index is 0.0288. The summed E-state index contributed by atoms with van der Waals surface area (Å²) in [5.74, 6) is 0. The van der Waals surface area contributed by atoms with Crippen molar-refractivity contribution >= 4 is 16.1 Å². The summed E-state index contributed by atoms with van der Waals surface area (Å²) in [6.45, 7) is 6.05. The zero-order chi connectivity index (χ0) is 21.4. The molecule has 3 aliphatic rings. The number of nitrogens with zero attached hydrogens (tertiary/aromatic N) is 3. The number of aryl methyl sites for hydroxylation is 2. The Labute approximate surface area is 180 Å². The molecule has 2 fully saturated rings. The maximum absolute atomic E-state index is 13.3. The number of likely N-dealkylation sites (tertiary alicyclic amines) is 1. The molecule has 1 aromatic carbocycles. The molecule has 0 bridgehead atoms. The first kappa shape index (κ1) is 21.6. The quantitative estimate of drug-likeness (QED) is 0.787. The van der Waals surface area contributed by atoms with Crippen LogP contribution in [-0.4, -0.2) is 80.4 Å². The second kappa shape index (κ2) is 8.48. The summed E-state index contributed by atoms with van der Waals surface area (Å²) in [7, 11) is -1.80. The summed E-state index contributed by atoms with van der Waals surface area (Å²) in [6.07, 6.45) is 6.26. The zero-order valence-electron chi connectivity index (χ0n) is 18.2. The molecule has 2 saturated heterocycles. The maximum Gasteiger partial charge on any atom is 0.317 e. The third-order valence-corrected chi connectivity index (χ3v) is 9.25. The highest BCUT2D eigenvalue weighted by atomic mass is 32.2. The zero-order valence-corrected chi connectivity index (χ0v) is 19.0. The lowest BCUT2D eigenvalue weighted by molar-refractivity contribution is 0.0574. The number of sulfonamides is 1. The first-order chi connectivity index (χ1) is 14.4.